The summed E-state index contributed by atoms with van der Waals surface area (Å²) in [7, 11) is 0. The highest BCUT2D eigenvalue weighted by molar-refractivity contribution is 7.16. The van der Waals surface area contributed by atoms with E-state index in [2.05, 4.69) is 32.2 Å². The number of hydrogen-bond acceptors (Lipinski definition) is 2. The second-order valence-electron chi connectivity index (χ2n) is 4.25. The molecule has 1 atom stereocenters. The van der Waals surface area contributed by atoms with Crippen molar-refractivity contribution in [3.63, 3.8) is 0 Å². The Hall–Kier alpha value is -0.0500. The molecule has 1 heterocycles. The Kier molecular flexibility index (Phi) is 6.40. The molecule has 1 aromatic heterocycles. The lowest BCUT2D eigenvalue weighted by Crippen LogP contribution is -2.21. The van der Waals surface area contributed by atoms with Gasteiger partial charge in [0.05, 0.1) is 4.34 Å². The van der Waals surface area contributed by atoms with Crippen LogP contribution in [0.25, 0.3) is 0 Å². The van der Waals surface area contributed by atoms with E-state index in [-0.39, 0.29) is 0 Å². The third-order valence-corrected chi connectivity index (χ3v) is 4.38. The molecule has 0 fully saturated rings. The average Bonchev–Trinajstić information content (AvgIpc) is 2.59. The zero-order chi connectivity index (χ0) is 12.0. The Balaban J connectivity index is 2.66. The van der Waals surface area contributed by atoms with Crippen LogP contribution in [0.4, 0.5) is 0 Å². The minimum Gasteiger partial charge on any atom is -0.309 e. The molecule has 0 bridgehead atoms. The third-order valence-electron chi connectivity index (χ3n) is 2.71. The Morgan fingerprint density at radius 1 is 1.38 bits per heavy atom. The first-order valence-corrected chi connectivity index (χ1v) is 7.37. The monoisotopic (exact) mass is 259 g/mol. The molecule has 0 spiro atoms. The Morgan fingerprint density at radius 2 is 2.12 bits per heavy atom. The van der Waals surface area contributed by atoms with Gasteiger partial charge < -0.3 is 5.32 Å². The fourth-order valence-corrected chi connectivity index (χ4v) is 3.05. The van der Waals surface area contributed by atoms with Crippen LogP contribution in [0, 0.1) is 6.92 Å². The quantitative estimate of drug-likeness (QED) is 0.731. The molecule has 3 heteroatoms. The summed E-state index contributed by atoms with van der Waals surface area (Å²) in [5, 5.41) is 3.61. The molecule has 0 amide bonds. The summed E-state index contributed by atoms with van der Waals surface area (Å²) in [5.74, 6) is 0. The number of rotatable bonds is 7. The zero-order valence-corrected chi connectivity index (χ0v) is 12.0. The average molecular weight is 260 g/mol. The summed E-state index contributed by atoms with van der Waals surface area (Å²) in [4.78, 5) is 1.39. The largest absolute Gasteiger partial charge is 0.309 e. The van der Waals surface area contributed by atoms with Crippen molar-refractivity contribution in [1.82, 2.24) is 5.32 Å². The maximum Gasteiger partial charge on any atom is 0.0960 e. The number of hydrogen-bond donors (Lipinski definition) is 1. The molecule has 1 nitrogen and oxygen atoms in total. The van der Waals surface area contributed by atoms with E-state index >= 15 is 0 Å². The molecule has 1 unspecified atom stereocenters. The minimum absolute atomic E-state index is 0.496. The summed E-state index contributed by atoms with van der Waals surface area (Å²) in [5.41, 5.74) is 1.21. The minimum atomic E-state index is 0.496. The van der Waals surface area contributed by atoms with Crippen molar-refractivity contribution in [2.75, 3.05) is 6.54 Å². The predicted octanol–water partition coefficient (Wildman–Crippen LogP) is 4.94. The van der Waals surface area contributed by atoms with Gasteiger partial charge in [0, 0.05) is 10.9 Å². The SMILES string of the molecule is CCCCC(NCCC)c1cc(C)c(Cl)s1. The van der Waals surface area contributed by atoms with E-state index in [0.29, 0.717) is 6.04 Å². The Morgan fingerprint density at radius 3 is 2.62 bits per heavy atom. The highest BCUT2D eigenvalue weighted by atomic mass is 35.5. The van der Waals surface area contributed by atoms with Gasteiger partial charge in [0.15, 0.2) is 0 Å². The van der Waals surface area contributed by atoms with Gasteiger partial charge >= 0.3 is 0 Å². The van der Waals surface area contributed by atoms with Crippen molar-refractivity contribution in [1.29, 1.82) is 0 Å². The molecule has 1 aromatic rings. The molecule has 0 saturated heterocycles. The van der Waals surface area contributed by atoms with Crippen molar-refractivity contribution in [2.45, 2.75) is 52.5 Å². The van der Waals surface area contributed by atoms with Gasteiger partial charge in [0.25, 0.3) is 0 Å². The molecule has 1 N–H and O–H groups in total. The van der Waals surface area contributed by atoms with E-state index in [1.165, 1.54) is 36.1 Å². The first kappa shape index (κ1) is 14.0. The lowest BCUT2D eigenvalue weighted by atomic mass is 10.1. The van der Waals surface area contributed by atoms with E-state index in [4.69, 9.17) is 11.6 Å². The van der Waals surface area contributed by atoms with Gasteiger partial charge in [-0.05, 0) is 37.9 Å². The molecular formula is C13H22ClNS. The van der Waals surface area contributed by atoms with Crippen molar-refractivity contribution in [3.05, 3.63) is 20.8 Å². The van der Waals surface area contributed by atoms with Gasteiger partial charge in [-0.2, -0.15) is 0 Å². The fourth-order valence-electron chi connectivity index (χ4n) is 1.73. The summed E-state index contributed by atoms with van der Waals surface area (Å²) >= 11 is 7.86. The molecule has 0 radical (unpaired) electrons. The van der Waals surface area contributed by atoms with E-state index in [1.807, 2.05) is 0 Å². The van der Waals surface area contributed by atoms with Crippen LogP contribution in [0.2, 0.25) is 4.34 Å². The van der Waals surface area contributed by atoms with Crippen LogP contribution < -0.4 is 5.32 Å². The van der Waals surface area contributed by atoms with E-state index < -0.39 is 0 Å². The number of unbranched alkanes of at least 4 members (excludes halogenated alkanes) is 1. The number of halogens is 1. The summed E-state index contributed by atoms with van der Waals surface area (Å²) in [6.07, 6.45) is 4.92. The van der Waals surface area contributed by atoms with E-state index in [0.717, 1.165) is 10.9 Å². The van der Waals surface area contributed by atoms with Crippen LogP contribution in [-0.4, -0.2) is 6.54 Å². The van der Waals surface area contributed by atoms with Crippen LogP contribution in [0.3, 0.4) is 0 Å². The molecular weight excluding hydrogens is 238 g/mol. The van der Waals surface area contributed by atoms with E-state index in [9.17, 15) is 0 Å². The second-order valence-corrected chi connectivity index (χ2v) is 5.94. The summed E-state index contributed by atoms with van der Waals surface area (Å²) in [6, 6.07) is 2.73. The van der Waals surface area contributed by atoms with Crippen LogP contribution in [0.5, 0.6) is 0 Å². The first-order valence-electron chi connectivity index (χ1n) is 6.18. The smallest absolute Gasteiger partial charge is 0.0960 e. The predicted molar refractivity (Wildman–Crippen MR) is 74.6 cm³/mol. The summed E-state index contributed by atoms with van der Waals surface area (Å²) in [6.45, 7) is 7.61. The van der Waals surface area contributed by atoms with Gasteiger partial charge in [-0.3, -0.25) is 0 Å². The van der Waals surface area contributed by atoms with Gasteiger partial charge in [-0.25, -0.2) is 0 Å². The molecule has 0 aliphatic carbocycles. The second kappa shape index (κ2) is 7.31. The maximum absolute atomic E-state index is 6.13. The molecule has 0 aliphatic heterocycles. The van der Waals surface area contributed by atoms with Crippen molar-refractivity contribution < 1.29 is 0 Å². The Labute approximate surface area is 108 Å². The Bertz CT molecular complexity index is 281. The third kappa shape index (κ3) is 4.08. The molecule has 1 rings (SSSR count). The van der Waals surface area contributed by atoms with Gasteiger partial charge in [0.2, 0.25) is 0 Å². The van der Waals surface area contributed by atoms with E-state index in [1.54, 1.807) is 11.3 Å². The molecule has 16 heavy (non-hydrogen) atoms. The summed E-state index contributed by atoms with van der Waals surface area (Å²) < 4.78 is 0.940. The zero-order valence-electron chi connectivity index (χ0n) is 10.5. The topological polar surface area (TPSA) is 12.0 Å². The van der Waals surface area contributed by atoms with Gasteiger partial charge in [-0.15, -0.1) is 11.3 Å². The molecule has 0 aromatic carbocycles. The number of aryl methyl sites for hydroxylation is 1. The molecule has 0 saturated carbocycles. The van der Waals surface area contributed by atoms with Crippen LogP contribution in [0.15, 0.2) is 6.07 Å². The highest BCUT2D eigenvalue weighted by Crippen LogP contribution is 2.33. The number of thiophene rings is 1. The van der Waals surface area contributed by atoms with Crippen molar-refractivity contribution in [2.24, 2.45) is 0 Å². The van der Waals surface area contributed by atoms with Crippen LogP contribution in [-0.2, 0) is 0 Å². The molecule has 92 valence electrons. The maximum atomic E-state index is 6.13. The van der Waals surface area contributed by atoms with Gasteiger partial charge in [-0.1, -0.05) is 38.3 Å². The van der Waals surface area contributed by atoms with Crippen molar-refractivity contribution >= 4 is 22.9 Å². The number of nitrogens with one attached hydrogen (secondary N) is 1. The highest BCUT2D eigenvalue weighted by Gasteiger charge is 2.14. The van der Waals surface area contributed by atoms with Crippen LogP contribution in [0.1, 0.15) is 56.0 Å². The van der Waals surface area contributed by atoms with Crippen LogP contribution >= 0.6 is 22.9 Å². The fraction of sp³-hybridized carbons (Fsp3) is 0.692. The lowest BCUT2D eigenvalue weighted by molar-refractivity contribution is 0.487. The lowest BCUT2D eigenvalue weighted by Gasteiger charge is -2.16. The van der Waals surface area contributed by atoms with Crippen molar-refractivity contribution in [3.8, 4) is 0 Å². The molecule has 0 aliphatic rings. The first-order chi connectivity index (χ1) is 7.69. The van der Waals surface area contributed by atoms with Gasteiger partial charge in [0.1, 0.15) is 0 Å². The standard InChI is InChI=1S/C13H22ClNS/c1-4-6-7-11(15-8-5-2)12-9-10(3)13(14)16-12/h9,11,15H,4-8H2,1-3H3. The normalized spacial score (nSPS) is 13.0.